The van der Waals surface area contributed by atoms with Crippen LogP contribution in [0, 0.1) is 0 Å². The van der Waals surface area contributed by atoms with E-state index in [1.54, 1.807) is 19.2 Å². The molecule has 1 N–H and O–H groups in total. The van der Waals surface area contributed by atoms with Crippen molar-refractivity contribution in [1.82, 2.24) is 15.5 Å². The predicted molar refractivity (Wildman–Crippen MR) is 88.8 cm³/mol. The van der Waals surface area contributed by atoms with Gasteiger partial charge in [0.15, 0.2) is 0 Å². The third-order valence-electron chi connectivity index (χ3n) is 3.48. The molecule has 1 amide bonds. The van der Waals surface area contributed by atoms with Crippen LogP contribution < -0.4 is 10.1 Å². The number of benzene rings is 2. The Hall–Kier alpha value is -3.15. The van der Waals surface area contributed by atoms with E-state index in [1.165, 1.54) is 0 Å². The SMILES string of the molecule is COc1ccccc1-c1noc(CCNC(=O)c2ccccc2)n1. The third-order valence-corrected chi connectivity index (χ3v) is 3.48. The fraction of sp³-hybridized carbons (Fsp3) is 0.167. The molecule has 0 saturated carbocycles. The van der Waals surface area contributed by atoms with Gasteiger partial charge in [0.1, 0.15) is 5.75 Å². The van der Waals surface area contributed by atoms with Crippen molar-refractivity contribution in [2.45, 2.75) is 6.42 Å². The maximum atomic E-state index is 12.0. The van der Waals surface area contributed by atoms with Gasteiger partial charge in [-0.3, -0.25) is 4.79 Å². The van der Waals surface area contributed by atoms with Crippen LogP contribution in [0.25, 0.3) is 11.4 Å². The van der Waals surface area contributed by atoms with Crippen molar-refractivity contribution in [2.24, 2.45) is 0 Å². The fourth-order valence-electron chi connectivity index (χ4n) is 2.27. The standard InChI is InChI=1S/C18H17N3O3/c1-23-15-10-6-5-9-14(15)17-20-16(24-21-17)11-12-19-18(22)13-7-3-2-4-8-13/h2-10H,11-12H2,1H3,(H,19,22). The zero-order chi connectivity index (χ0) is 16.8. The number of carbonyl (C=O) groups excluding carboxylic acids is 1. The molecule has 122 valence electrons. The van der Waals surface area contributed by atoms with Gasteiger partial charge >= 0.3 is 0 Å². The summed E-state index contributed by atoms with van der Waals surface area (Å²) in [5.74, 6) is 1.49. The molecule has 0 bridgehead atoms. The second kappa shape index (κ2) is 7.41. The lowest BCUT2D eigenvalue weighted by molar-refractivity contribution is 0.0953. The van der Waals surface area contributed by atoms with Crippen molar-refractivity contribution in [3.05, 3.63) is 66.1 Å². The minimum Gasteiger partial charge on any atom is -0.496 e. The second-order valence-corrected chi connectivity index (χ2v) is 5.08. The number of methoxy groups -OCH3 is 1. The zero-order valence-electron chi connectivity index (χ0n) is 13.2. The normalized spacial score (nSPS) is 10.4. The number of rotatable bonds is 6. The Kier molecular flexibility index (Phi) is 4.86. The highest BCUT2D eigenvalue weighted by Crippen LogP contribution is 2.26. The van der Waals surface area contributed by atoms with Gasteiger partial charge in [-0.05, 0) is 24.3 Å². The van der Waals surface area contributed by atoms with E-state index >= 15 is 0 Å². The van der Waals surface area contributed by atoms with E-state index in [9.17, 15) is 4.79 Å². The monoisotopic (exact) mass is 323 g/mol. The van der Waals surface area contributed by atoms with Crippen molar-refractivity contribution < 1.29 is 14.1 Å². The largest absolute Gasteiger partial charge is 0.496 e. The average molecular weight is 323 g/mol. The number of nitrogens with zero attached hydrogens (tertiary/aromatic N) is 2. The Morgan fingerprint density at radius 3 is 2.67 bits per heavy atom. The summed E-state index contributed by atoms with van der Waals surface area (Å²) < 4.78 is 10.5. The molecule has 1 heterocycles. The molecule has 3 rings (SSSR count). The highest BCUT2D eigenvalue weighted by atomic mass is 16.5. The van der Waals surface area contributed by atoms with E-state index in [2.05, 4.69) is 15.5 Å². The fourth-order valence-corrected chi connectivity index (χ4v) is 2.27. The minimum atomic E-state index is -0.125. The molecule has 0 spiro atoms. The molecule has 0 aliphatic heterocycles. The van der Waals surface area contributed by atoms with Gasteiger partial charge in [0.2, 0.25) is 11.7 Å². The summed E-state index contributed by atoms with van der Waals surface area (Å²) in [6.45, 7) is 0.418. The maximum Gasteiger partial charge on any atom is 0.251 e. The Labute approximate surface area is 139 Å². The number of ether oxygens (including phenoxy) is 1. The summed E-state index contributed by atoms with van der Waals surface area (Å²) in [5, 5.41) is 6.80. The molecule has 2 aromatic carbocycles. The molecule has 0 saturated heterocycles. The quantitative estimate of drug-likeness (QED) is 0.755. The van der Waals surface area contributed by atoms with Gasteiger partial charge in [-0.25, -0.2) is 0 Å². The molecule has 1 aromatic heterocycles. The van der Waals surface area contributed by atoms with Gasteiger partial charge in [-0.1, -0.05) is 35.5 Å². The van der Waals surface area contributed by atoms with Gasteiger partial charge < -0.3 is 14.6 Å². The second-order valence-electron chi connectivity index (χ2n) is 5.08. The first-order valence-corrected chi connectivity index (χ1v) is 7.57. The first-order valence-electron chi connectivity index (χ1n) is 7.57. The summed E-state index contributed by atoms with van der Waals surface area (Å²) in [4.78, 5) is 16.3. The lowest BCUT2D eigenvalue weighted by Crippen LogP contribution is -2.25. The lowest BCUT2D eigenvalue weighted by Gasteiger charge is -2.03. The molecule has 0 atom stereocenters. The Morgan fingerprint density at radius 2 is 1.88 bits per heavy atom. The Balaban J connectivity index is 1.60. The van der Waals surface area contributed by atoms with E-state index in [-0.39, 0.29) is 5.91 Å². The molecular weight excluding hydrogens is 306 g/mol. The summed E-state index contributed by atoms with van der Waals surface area (Å²) in [7, 11) is 1.60. The molecule has 3 aromatic rings. The van der Waals surface area contributed by atoms with Crippen molar-refractivity contribution in [1.29, 1.82) is 0 Å². The van der Waals surface area contributed by atoms with Crippen LogP contribution in [0.4, 0.5) is 0 Å². The molecule has 0 fully saturated rings. The number of amides is 1. The number of hydrogen-bond acceptors (Lipinski definition) is 5. The first kappa shape index (κ1) is 15.7. The summed E-state index contributed by atoms with van der Waals surface area (Å²) in [6.07, 6.45) is 0.459. The average Bonchev–Trinajstić information content (AvgIpc) is 3.11. The number of para-hydroxylation sites is 1. The van der Waals surface area contributed by atoms with Gasteiger partial charge in [0, 0.05) is 18.5 Å². The molecule has 6 heteroatoms. The van der Waals surface area contributed by atoms with E-state index in [0.717, 1.165) is 5.56 Å². The van der Waals surface area contributed by atoms with Gasteiger partial charge in [-0.15, -0.1) is 0 Å². The molecule has 24 heavy (non-hydrogen) atoms. The molecule has 0 unspecified atom stereocenters. The summed E-state index contributed by atoms with van der Waals surface area (Å²) in [6, 6.07) is 16.5. The smallest absolute Gasteiger partial charge is 0.251 e. The Bertz CT molecular complexity index is 815. The molecule has 6 nitrogen and oxygen atoms in total. The van der Waals surface area contributed by atoms with Crippen LogP contribution in [-0.4, -0.2) is 29.7 Å². The predicted octanol–water partition coefficient (Wildman–Crippen LogP) is 2.72. The highest BCUT2D eigenvalue weighted by molar-refractivity contribution is 5.94. The summed E-state index contributed by atoms with van der Waals surface area (Å²) >= 11 is 0. The van der Waals surface area contributed by atoms with E-state index in [0.29, 0.717) is 36.0 Å². The third kappa shape index (κ3) is 3.60. The lowest BCUT2D eigenvalue weighted by atomic mass is 10.2. The van der Waals surface area contributed by atoms with Crippen molar-refractivity contribution in [3.8, 4) is 17.1 Å². The number of carbonyl (C=O) groups is 1. The van der Waals surface area contributed by atoms with Crippen LogP contribution in [0.3, 0.4) is 0 Å². The molecule has 0 aliphatic carbocycles. The van der Waals surface area contributed by atoms with Gasteiger partial charge in [-0.2, -0.15) is 4.98 Å². The molecule has 0 aliphatic rings. The van der Waals surface area contributed by atoms with Gasteiger partial charge in [0.25, 0.3) is 5.91 Å². The first-order chi connectivity index (χ1) is 11.8. The maximum absolute atomic E-state index is 12.0. The number of aromatic nitrogens is 2. The van der Waals surface area contributed by atoms with E-state index in [4.69, 9.17) is 9.26 Å². The van der Waals surface area contributed by atoms with Crippen molar-refractivity contribution >= 4 is 5.91 Å². The van der Waals surface area contributed by atoms with Crippen molar-refractivity contribution in [2.75, 3.05) is 13.7 Å². The summed E-state index contributed by atoms with van der Waals surface area (Å²) in [5.41, 5.74) is 1.39. The van der Waals surface area contributed by atoms with Crippen LogP contribution in [0.1, 0.15) is 16.2 Å². The van der Waals surface area contributed by atoms with Crippen molar-refractivity contribution in [3.63, 3.8) is 0 Å². The topological polar surface area (TPSA) is 77.3 Å². The highest BCUT2D eigenvalue weighted by Gasteiger charge is 2.13. The van der Waals surface area contributed by atoms with Crippen LogP contribution in [0.2, 0.25) is 0 Å². The minimum absolute atomic E-state index is 0.125. The number of nitrogens with one attached hydrogen (secondary N) is 1. The van der Waals surface area contributed by atoms with Gasteiger partial charge in [0.05, 0.1) is 12.7 Å². The van der Waals surface area contributed by atoms with Crippen LogP contribution in [0.15, 0.2) is 59.1 Å². The zero-order valence-corrected chi connectivity index (χ0v) is 13.2. The van der Waals surface area contributed by atoms with Crippen LogP contribution in [0.5, 0.6) is 5.75 Å². The van der Waals surface area contributed by atoms with Crippen LogP contribution in [-0.2, 0) is 6.42 Å². The molecular formula is C18H17N3O3. The van der Waals surface area contributed by atoms with E-state index < -0.39 is 0 Å². The molecule has 0 radical (unpaired) electrons. The van der Waals surface area contributed by atoms with Crippen LogP contribution >= 0.6 is 0 Å². The number of hydrogen-bond donors (Lipinski definition) is 1. The van der Waals surface area contributed by atoms with E-state index in [1.807, 2.05) is 42.5 Å². The Morgan fingerprint density at radius 1 is 1.12 bits per heavy atom.